The zero-order valence-corrected chi connectivity index (χ0v) is 9.56. The Morgan fingerprint density at radius 2 is 2.28 bits per heavy atom. The molecule has 0 radical (unpaired) electrons. The van der Waals surface area contributed by atoms with Crippen LogP contribution in [-0.2, 0) is 4.79 Å². The van der Waals surface area contributed by atoms with E-state index in [4.69, 9.17) is 11.0 Å². The molecule has 1 amide bonds. The van der Waals surface area contributed by atoms with Crippen molar-refractivity contribution < 1.29 is 9.18 Å². The number of nitrogens with two attached hydrogens (primary N) is 1. The van der Waals surface area contributed by atoms with Gasteiger partial charge >= 0.3 is 0 Å². The van der Waals surface area contributed by atoms with Crippen LogP contribution in [0.2, 0.25) is 0 Å². The molecule has 1 aromatic carbocycles. The molecule has 2 unspecified atom stereocenters. The third-order valence-electron chi connectivity index (χ3n) is 2.84. The van der Waals surface area contributed by atoms with Crippen molar-refractivity contribution in [2.24, 2.45) is 11.7 Å². The Kier molecular flexibility index (Phi) is 3.40. The topological polar surface area (TPSA) is 78.9 Å². The van der Waals surface area contributed by atoms with Crippen LogP contribution in [0.1, 0.15) is 12.0 Å². The van der Waals surface area contributed by atoms with Crippen LogP contribution < -0.4 is 11.1 Å². The molecule has 0 bridgehead atoms. The third-order valence-corrected chi connectivity index (χ3v) is 2.84. The summed E-state index contributed by atoms with van der Waals surface area (Å²) in [5.74, 6) is -1.25. The van der Waals surface area contributed by atoms with Gasteiger partial charge in [-0.25, -0.2) is 4.39 Å². The molecule has 0 saturated carbocycles. The lowest BCUT2D eigenvalue weighted by Gasteiger charge is -2.11. The summed E-state index contributed by atoms with van der Waals surface area (Å²) in [6.07, 6.45) is 4.02. The smallest absolute Gasteiger partial charge is 0.231 e. The summed E-state index contributed by atoms with van der Waals surface area (Å²) in [6, 6.07) is 5.74. The van der Waals surface area contributed by atoms with E-state index in [1.165, 1.54) is 18.2 Å². The molecular weight excluding hydrogens is 233 g/mol. The molecule has 3 N–H and O–H groups in total. The maximum absolute atomic E-state index is 13.3. The van der Waals surface area contributed by atoms with Crippen LogP contribution >= 0.6 is 0 Å². The Morgan fingerprint density at radius 3 is 2.89 bits per heavy atom. The lowest BCUT2D eigenvalue weighted by atomic mass is 10.1. The quantitative estimate of drug-likeness (QED) is 0.776. The Labute approximate surface area is 104 Å². The van der Waals surface area contributed by atoms with Crippen LogP contribution in [-0.4, -0.2) is 11.9 Å². The highest BCUT2D eigenvalue weighted by atomic mass is 19.1. The maximum Gasteiger partial charge on any atom is 0.231 e. The maximum atomic E-state index is 13.3. The van der Waals surface area contributed by atoms with Crippen molar-refractivity contribution in [1.82, 2.24) is 0 Å². The summed E-state index contributed by atoms with van der Waals surface area (Å²) in [6.45, 7) is 0. The second-order valence-corrected chi connectivity index (χ2v) is 4.15. The number of hydrogen-bond acceptors (Lipinski definition) is 3. The SMILES string of the molecule is N#Cc1c(F)cccc1NC(=O)C1C=CC(N)C1. The number of carbonyl (C=O) groups excluding carboxylic acids is 1. The first-order valence-electron chi connectivity index (χ1n) is 5.55. The van der Waals surface area contributed by atoms with Gasteiger partial charge in [0.05, 0.1) is 11.6 Å². The zero-order chi connectivity index (χ0) is 13.1. The van der Waals surface area contributed by atoms with Gasteiger partial charge in [0.15, 0.2) is 0 Å². The van der Waals surface area contributed by atoms with E-state index >= 15 is 0 Å². The predicted molar refractivity (Wildman–Crippen MR) is 65.0 cm³/mol. The number of nitrogens with one attached hydrogen (secondary N) is 1. The first-order valence-corrected chi connectivity index (χ1v) is 5.55. The summed E-state index contributed by atoms with van der Waals surface area (Å²) in [7, 11) is 0. The van der Waals surface area contributed by atoms with Gasteiger partial charge in [0.2, 0.25) is 5.91 Å². The fourth-order valence-corrected chi connectivity index (χ4v) is 1.89. The Balaban J connectivity index is 2.15. The lowest BCUT2D eigenvalue weighted by Crippen LogP contribution is -2.24. The van der Waals surface area contributed by atoms with Gasteiger partial charge < -0.3 is 11.1 Å². The lowest BCUT2D eigenvalue weighted by molar-refractivity contribution is -0.118. The van der Waals surface area contributed by atoms with Crippen molar-refractivity contribution >= 4 is 11.6 Å². The van der Waals surface area contributed by atoms with Crippen LogP contribution in [0.4, 0.5) is 10.1 Å². The number of benzene rings is 1. The second kappa shape index (κ2) is 4.98. The molecule has 0 fully saturated rings. The van der Waals surface area contributed by atoms with Crippen LogP contribution in [0.25, 0.3) is 0 Å². The van der Waals surface area contributed by atoms with Crippen molar-refractivity contribution in [2.45, 2.75) is 12.5 Å². The molecule has 0 aromatic heterocycles. The number of carbonyl (C=O) groups is 1. The summed E-state index contributed by atoms with van der Waals surface area (Å²) >= 11 is 0. The summed E-state index contributed by atoms with van der Waals surface area (Å²) in [5.41, 5.74) is 5.69. The first kappa shape index (κ1) is 12.3. The number of anilines is 1. The van der Waals surface area contributed by atoms with E-state index in [0.29, 0.717) is 6.42 Å². The number of hydrogen-bond donors (Lipinski definition) is 2. The fraction of sp³-hybridized carbons (Fsp3) is 0.231. The van der Waals surface area contributed by atoms with Gasteiger partial charge in [0.1, 0.15) is 17.4 Å². The van der Waals surface area contributed by atoms with Crippen molar-refractivity contribution in [1.29, 1.82) is 5.26 Å². The van der Waals surface area contributed by atoms with Crippen LogP contribution in [0.15, 0.2) is 30.4 Å². The molecule has 1 aliphatic rings. The van der Waals surface area contributed by atoms with E-state index in [2.05, 4.69) is 5.32 Å². The Hall–Kier alpha value is -2.19. The molecule has 1 aromatic rings. The van der Waals surface area contributed by atoms with Crippen LogP contribution in [0, 0.1) is 23.1 Å². The van der Waals surface area contributed by atoms with Gasteiger partial charge in [-0.15, -0.1) is 0 Å². The van der Waals surface area contributed by atoms with E-state index in [-0.39, 0.29) is 29.1 Å². The minimum Gasteiger partial charge on any atom is -0.324 e. The molecule has 4 nitrogen and oxygen atoms in total. The van der Waals surface area contributed by atoms with E-state index in [1.54, 1.807) is 18.2 Å². The molecule has 92 valence electrons. The van der Waals surface area contributed by atoms with Gasteiger partial charge in [-0.2, -0.15) is 5.26 Å². The minimum absolute atomic E-state index is 0.122. The molecule has 2 rings (SSSR count). The van der Waals surface area contributed by atoms with Crippen molar-refractivity contribution in [3.8, 4) is 6.07 Å². The van der Waals surface area contributed by atoms with E-state index in [0.717, 1.165) is 0 Å². The summed E-state index contributed by atoms with van der Waals surface area (Å²) < 4.78 is 13.3. The van der Waals surface area contributed by atoms with Crippen molar-refractivity contribution in [3.05, 3.63) is 41.7 Å². The minimum atomic E-state index is -0.644. The third kappa shape index (κ3) is 2.39. The molecule has 0 saturated heterocycles. The predicted octanol–water partition coefficient (Wildman–Crippen LogP) is 1.54. The fourth-order valence-electron chi connectivity index (χ4n) is 1.89. The van der Waals surface area contributed by atoms with E-state index < -0.39 is 5.82 Å². The second-order valence-electron chi connectivity index (χ2n) is 4.15. The Bertz CT molecular complexity index is 548. The van der Waals surface area contributed by atoms with Crippen molar-refractivity contribution in [2.75, 3.05) is 5.32 Å². The molecule has 0 heterocycles. The van der Waals surface area contributed by atoms with Gasteiger partial charge in [0, 0.05) is 6.04 Å². The molecule has 2 atom stereocenters. The normalized spacial score (nSPS) is 21.6. The number of nitriles is 1. The zero-order valence-electron chi connectivity index (χ0n) is 9.56. The number of halogens is 1. The number of rotatable bonds is 2. The standard InChI is InChI=1S/C13H12FN3O/c14-11-2-1-3-12(10(11)7-15)17-13(18)8-4-5-9(16)6-8/h1-5,8-9H,6,16H2,(H,17,18). The molecule has 5 heteroatoms. The average Bonchev–Trinajstić information content (AvgIpc) is 2.76. The van der Waals surface area contributed by atoms with Gasteiger partial charge in [-0.1, -0.05) is 18.2 Å². The molecule has 1 aliphatic carbocycles. The van der Waals surface area contributed by atoms with Crippen molar-refractivity contribution in [3.63, 3.8) is 0 Å². The first-order chi connectivity index (χ1) is 8.61. The number of amides is 1. The Morgan fingerprint density at radius 1 is 1.50 bits per heavy atom. The summed E-state index contributed by atoms with van der Waals surface area (Å²) in [5, 5.41) is 11.4. The number of nitrogens with zero attached hydrogens (tertiary/aromatic N) is 1. The molecular formula is C13H12FN3O. The highest BCUT2D eigenvalue weighted by molar-refractivity contribution is 5.95. The largest absolute Gasteiger partial charge is 0.324 e. The molecule has 0 aliphatic heterocycles. The van der Waals surface area contributed by atoms with Gasteiger partial charge in [0.25, 0.3) is 0 Å². The monoisotopic (exact) mass is 245 g/mol. The molecule has 18 heavy (non-hydrogen) atoms. The summed E-state index contributed by atoms with van der Waals surface area (Å²) in [4.78, 5) is 11.9. The van der Waals surface area contributed by atoms with E-state index in [1.807, 2.05) is 0 Å². The van der Waals surface area contributed by atoms with Crippen LogP contribution in [0.5, 0.6) is 0 Å². The molecule has 0 spiro atoms. The van der Waals surface area contributed by atoms with Gasteiger partial charge in [-0.05, 0) is 18.6 Å². The van der Waals surface area contributed by atoms with Crippen LogP contribution in [0.3, 0.4) is 0 Å². The average molecular weight is 245 g/mol. The van der Waals surface area contributed by atoms with Gasteiger partial charge in [-0.3, -0.25) is 4.79 Å². The van der Waals surface area contributed by atoms with E-state index in [9.17, 15) is 9.18 Å². The highest BCUT2D eigenvalue weighted by Gasteiger charge is 2.23. The highest BCUT2D eigenvalue weighted by Crippen LogP contribution is 2.22.